The molecule has 2 aromatic heterocycles. The molecule has 10 heteroatoms. The van der Waals surface area contributed by atoms with Crippen LogP contribution < -0.4 is 16.4 Å². The van der Waals surface area contributed by atoms with Gasteiger partial charge in [-0.3, -0.25) is 9.48 Å². The minimum atomic E-state index is -0.647. The molecule has 2 fully saturated rings. The lowest BCUT2D eigenvalue weighted by molar-refractivity contribution is 0.0685. The maximum absolute atomic E-state index is 13.5. The van der Waals surface area contributed by atoms with E-state index in [1.807, 2.05) is 0 Å². The van der Waals surface area contributed by atoms with Gasteiger partial charge in [0.1, 0.15) is 5.56 Å². The Hall–Kier alpha value is -3.03. The first kappa shape index (κ1) is 22.2. The number of nitrogens with two attached hydrogens (primary N) is 1. The van der Waals surface area contributed by atoms with Gasteiger partial charge in [0, 0.05) is 49.4 Å². The average molecular weight is 442 g/mol. The molecule has 32 heavy (non-hydrogen) atoms. The van der Waals surface area contributed by atoms with Gasteiger partial charge < -0.3 is 21.1 Å². The van der Waals surface area contributed by atoms with E-state index in [-0.39, 0.29) is 17.8 Å². The monoisotopic (exact) mass is 441 g/mol. The van der Waals surface area contributed by atoms with Crippen molar-refractivity contribution in [1.29, 1.82) is 5.26 Å². The molecule has 0 aromatic carbocycles. The normalized spacial score (nSPS) is 24.1. The molecule has 1 saturated carbocycles. The molecule has 9 nitrogen and oxygen atoms in total. The molecule has 2 aromatic rings. The summed E-state index contributed by atoms with van der Waals surface area (Å²) in [4.78, 5) is 15.6. The van der Waals surface area contributed by atoms with Gasteiger partial charge in [-0.2, -0.15) is 14.8 Å². The minimum Gasteiger partial charge on any atom is -0.381 e. The van der Waals surface area contributed by atoms with Gasteiger partial charge in [0.15, 0.2) is 5.82 Å². The SMILES string of the molecule is N#CCC1(n2cc(C(N)=O)c(Nc3ccnc(F)c3)n2)CCC(NC2CCOCC2)CC1. The number of nitrogens with zero attached hydrogens (tertiary/aromatic N) is 4. The van der Waals surface area contributed by atoms with Gasteiger partial charge in [-0.25, -0.2) is 4.98 Å². The number of hydrogen-bond acceptors (Lipinski definition) is 7. The number of amides is 1. The quantitative estimate of drug-likeness (QED) is 0.563. The zero-order chi connectivity index (χ0) is 22.6. The molecule has 0 radical (unpaired) electrons. The van der Waals surface area contributed by atoms with E-state index in [2.05, 4.69) is 26.8 Å². The van der Waals surface area contributed by atoms with Crippen molar-refractivity contribution in [2.75, 3.05) is 18.5 Å². The number of pyridine rings is 1. The van der Waals surface area contributed by atoms with E-state index in [1.54, 1.807) is 16.9 Å². The van der Waals surface area contributed by atoms with Crippen LogP contribution in [0.15, 0.2) is 24.5 Å². The summed E-state index contributed by atoms with van der Waals surface area (Å²) in [6.07, 6.45) is 8.56. The van der Waals surface area contributed by atoms with Crippen LogP contribution >= 0.6 is 0 Å². The average Bonchev–Trinajstić information content (AvgIpc) is 3.21. The van der Waals surface area contributed by atoms with Crippen LogP contribution in [0, 0.1) is 17.3 Å². The third-order valence-corrected chi connectivity index (χ3v) is 6.47. The molecule has 0 unspecified atom stereocenters. The van der Waals surface area contributed by atoms with Crippen molar-refractivity contribution in [3.63, 3.8) is 0 Å². The Kier molecular flexibility index (Phi) is 6.67. The molecule has 170 valence electrons. The smallest absolute Gasteiger partial charge is 0.254 e. The predicted octanol–water partition coefficient (Wildman–Crippen LogP) is 2.58. The van der Waals surface area contributed by atoms with Crippen LogP contribution in [0.1, 0.15) is 55.3 Å². The third kappa shape index (κ3) is 4.89. The van der Waals surface area contributed by atoms with E-state index in [4.69, 9.17) is 10.5 Å². The Morgan fingerprint density at radius 1 is 1.31 bits per heavy atom. The number of nitriles is 1. The first-order valence-corrected chi connectivity index (χ1v) is 11.0. The van der Waals surface area contributed by atoms with Crippen molar-refractivity contribution >= 4 is 17.4 Å². The second-order valence-electron chi connectivity index (χ2n) is 8.58. The number of aromatic nitrogens is 3. The summed E-state index contributed by atoms with van der Waals surface area (Å²) in [6.45, 7) is 1.59. The highest BCUT2D eigenvalue weighted by atomic mass is 19.1. The maximum Gasteiger partial charge on any atom is 0.254 e. The summed E-state index contributed by atoms with van der Waals surface area (Å²) in [7, 11) is 0. The van der Waals surface area contributed by atoms with Gasteiger partial charge in [-0.1, -0.05) is 0 Å². The van der Waals surface area contributed by atoms with Crippen LogP contribution in [0.3, 0.4) is 0 Å². The largest absolute Gasteiger partial charge is 0.381 e. The molecule has 1 aliphatic heterocycles. The van der Waals surface area contributed by atoms with Gasteiger partial charge >= 0.3 is 0 Å². The number of anilines is 2. The summed E-state index contributed by atoms with van der Waals surface area (Å²) < 4.78 is 20.6. The lowest BCUT2D eigenvalue weighted by Gasteiger charge is -2.40. The first-order valence-electron chi connectivity index (χ1n) is 11.0. The molecule has 0 spiro atoms. The fourth-order valence-electron chi connectivity index (χ4n) is 4.66. The Morgan fingerprint density at radius 3 is 2.69 bits per heavy atom. The number of ether oxygens (including phenoxy) is 1. The molecule has 2 aliphatic rings. The minimum absolute atomic E-state index is 0.196. The molecular formula is C22H28FN7O2. The zero-order valence-corrected chi connectivity index (χ0v) is 17.9. The van der Waals surface area contributed by atoms with Crippen molar-refractivity contribution in [2.45, 2.75) is 62.6 Å². The number of carbonyl (C=O) groups is 1. The molecule has 1 aliphatic carbocycles. The van der Waals surface area contributed by atoms with Crippen LogP contribution in [0.2, 0.25) is 0 Å². The van der Waals surface area contributed by atoms with E-state index in [9.17, 15) is 14.4 Å². The van der Waals surface area contributed by atoms with Crippen LogP contribution in [0.25, 0.3) is 0 Å². The maximum atomic E-state index is 13.5. The number of rotatable bonds is 7. The highest BCUT2D eigenvalue weighted by molar-refractivity contribution is 5.98. The van der Waals surface area contributed by atoms with E-state index in [1.165, 1.54) is 12.3 Å². The number of carbonyl (C=O) groups excluding carboxylic acids is 1. The van der Waals surface area contributed by atoms with Gasteiger partial charge in [0.2, 0.25) is 5.95 Å². The Balaban J connectivity index is 1.53. The highest BCUT2D eigenvalue weighted by Gasteiger charge is 2.39. The second kappa shape index (κ2) is 9.63. The Morgan fingerprint density at radius 2 is 2.03 bits per heavy atom. The first-order chi connectivity index (χ1) is 15.5. The standard InChI is InChI=1S/C22H28FN7O2/c23-19-13-17(3-10-26-19)28-21-18(20(25)31)14-30(29-21)22(8-9-24)6-1-15(2-7-22)27-16-4-11-32-12-5-16/h3,10,13-16,27H,1-2,4-8,11-12H2,(H2,25,31)(H,26,28,29). The molecule has 4 rings (SSSR count). The zero-order valence-electron chi connectivity index (χ0n) is 17.9. The summed E-state index contributed by atoms with van der Waals surface area (Å²) >= 11 is 0. The lowest BCUT2D eigenvalue weighted by atomic mass is 9.77. The number of nitrogens with one attached hydrogen (secondary N) is 2. The van der Waals surface area contributed by atoms with Gasteiger partial charge in [0.05, 0.1) is 18.0 Å². The van der Waals surface area contributed by atoms with Gasteiger partial charge in [0.25, 0.3) is 5.91 Å². The molecule has 0 bridgehead atoms. The summed E-state index contributed by atoms with van der Waals surface area (Å²) in [5, 5.41) is 20.8. The highest BCUT2D eigenvalue weighted by Crippen LogP contribution is 2.39. The number of halogens is 1. The van der Waals surface area contributed by atoms with Crippen LogP contribution in [-0.4, -0.2) is 46.0 Å². The molecule has 1 saturated heterocycles. The fourth-order valence-corrected chi connectivity index (χ4v) is 4.66. The molecule has 4 N–H and O–H groups in total. The van der Waals surface area contributed by atoms with Crippen LogP contribution in [0.4, 0.5) is 15.9 Å². The van der Waals surface area contributed by atoms with E-state index in [0.717, 1.165) is 51.7 Å². The Labute approximate surface area is 186 Å². The van der Waals surface area contributed by atoms with Crippen molar-refractivity contribution in [2.24, 2.45) is 5.73 Å². The van der Waals surface area contributed by atoms with Crippen molar-refractivity contribution in [1.82, 2.24) is 20.1 Å². The fraction of sp³-hybridized carbons (Fsp3) is 0.545. The summed E-state index contributed by atoms with van der Waals surface area (Å²) in [6, 6.07) is 5.94. The molecule has 3 heterocycles. The van der Waals surface area contributed by atoms with Crippen molar-refractivity contribution in [3.8, 4) is 6.07 Å². The van der Waals surface area contributed by atoms with E-state index < -0.39 is 17.4 Å². The van der Waals surface area contributed by atoms with E-state index >= 15 is 0 Å². The lowest BCUT2D eigenvalue weighted by Crippen LogP contribution is -2.47. The second-order valence-corrected chi connectivity index (χ2v) is 8.58. The number of primary amides is 1. The van der Waals surface area contributed by atoms with Gasteiger partial charge in [-0.05, 0) is 44.6 Å². The summed E-state index contributed by atoms with van der Waals surface area (Å²) in [5.41, 5.74) is 5.67. The molecule has 1 amide bonds. The Bertz CT molecular complexity index is 988. The summed E-state index contributed by atoms with van der Waals surface area (Å²) in [5.74, 6) is -1.05. The number of hydrogen-bond donors (Lipinski definition) is 3. The molecule has 0 atom stereocenters. The van der Waals surface area contributed by atoms with Gasteiger partial charge in [-0.15, -0.1) is 0 Å². The topological polar surface area (TPSA) is 131 Å². The van der Waals surface area contributed by atoms with Crippen molar-refractivity contribution in [3.05, 3.63) is 36.0 Å². The molecular weight excluding hydrogens is 413 g/mol. The van der Waals surface area contributed by atoms with E-state index in [0.29, 0.717) is 17.8 Å². The van der Waals surface area contributed by atoms with Crippen LogP contribution in [0.5, 0.6) is 0 Å². The third-order valence-electron chi connectivity index (χ3n) is 6.47. The van der Waals surface area contributed by atoms with Crippen LogP contribution in [-0.2, 0) is 10.3 Å². The van der Waals surface area contributed by atoms with Crippen molar-refractivity contribution < 1.29 is 13.9 Å². The predicted molar refractivity (Wildman–Crippen MR) is 116 cm³/mol.